The third-order valence-electron chi connectivity index (χ3n) is 2.22. The molecule has 0 aliphatic carbocycles. The Kier molecular flexibility index (Phi) is 3.80. The van der Waals surface area contributed by atoms with E-state index in [2.05, 4.69) is 24.3 Å². The van der Waals surface area contributed by atoms with Gasteiger partial charge in [0.1, 0.15) is 5.75 Å². The lowest BCUT2D eigenvalue weighted by atomic mass is 10.1. The molecule has 2 heteroatoms. The monoisotopic (exact) mass is 218 g/mol. The van der Waals surface area contributed by atoms with Gasteiger partial charge in [0.25, 0.3) is 0 Å². The van der Waals surface area contributed by atoms with Crippen LogP contribution >= 0.6 is 11.3 Å². The average Bonchev–Trinajstić information content (AvgIpc) is 2.79. The second-order valence-corrected chi connectivity index (χ2v) is 4.18. The first-order chi connectivity index (χ1) is 7.45. The van der Waals surface area contributed by atoms with Crippen molar-refractivity contribution in [2.45, 2.75) is 12.8 Å². The van der Waals surface area contributed by atoms with Crippen molar-refractivity contribution in [2.75, 3.05) is 6.61 Å². The summed E-state index contributed by atoms with van der Waals surface area (Å²) in [5, 5.41) is 4.06. The molecule has 0 spiro atoms. The molecule has 78 valence electrons. The van der Waals surface area contributed by atoms with Crippen molar-refractivity contribution in [3.8, 4) is 5.75 Å². The van der Waals surface area contributed by atoms with Crippen molar-refractivity contribution in [2.24, 2.45) is 0 Å². The van der Waals surface area contributed by atoms with Gasteiger partial charge in [0, 0.05) is 5.38 Å². The van der Waals surface area contributed by atoms with Crippen LogP contribution < -0.4 is 4.74 Å². The number of benzene rings is 1. The quantitative estimate of drug-likeness (QED) is 0.694. The van der Waals surface area contributed by atoms with E-state index in [-0.39, 0.29) is 0 Å². The highest BCUT2D eigenvalue weighted by atomic mass is 32.1. The summed E-state index contributed by atoms with van der Waals surface area (Å²) < 4.78 is 5.58. The lowest BCUT2D eigenvalue weighted by Crippen LogP contribution is -1.98. The van der Waals surface area contributed by atoms with Crippen molar-refractivity contribution < 1.29 is 4.74 Å². The Bertz CT molecular complexity index is 367. The number of rotatable bonds is 5. The molecular formula is C13H14OS. The van der Waals surface area contributed by atoms with Crippen LogP contribution in [0.25, 0.3) is 0 Å². The van der Waals surface area contributed by atoms with Crippen molar-refractivity contribution in [1.82, 2.24) is 0 Å². The number of hydrogen-bond acceptors (Lipinski definition) is 2. The van der Waals surface area contributed by atoms with E-state index in [1.807, 2.05) is 22.9 Å². The van der Waals surface area contributed by atoms with Gasteiger partial charge in [-0.25, -0.2) is 0 Å². The van der Waals surface area contributed by atoms with Crippen LogP contribution in [0.3, 0.4) is 0 Å². The van der Waals surface area contributed by atoms with E-state index in [9.17, 15) is 0 Å². The van der Waals surface area contributed by atoms with Gasteiger partial charge < -0.3 is 4.74 Å². The van der Waals surface area contributed by atoms with Gasteiger partial charge in [-0.15, -0.1) is 11.3 Å². The van der Waals surface area contributed by atoms with E-state index in [1.54, 1.807) is 11.3 Å². The Hall–Kier alpha value is -1.28. The topological polar surface area (TPSA) is 9.23 Å². The molecule has 1 heterocycles. The van der Waals surface area contributed by atoms with E-state index in [0.29, 0.717) is 0 Å². The Labute approximate surface area is 94.3 Å². The van der Waals surface area contributed by atoms with Gasteiger partial charge in [-0.1, -0.05) is 30.3 Å². The zero-order valence-corrected chi connectivity index (χ0v) is 9.37. The molecule has 0 aliphatic heterocycles. The molecule has 0 fully saturated rings. The van der Waals surface area contributed by atoms with Crippen molar-refractivity contribution in [3.63, 3.8) is 0 Å². The van der Waals surface area contributed by atoms with E-state index in [1.165, 1.54) is 5.56 Å². The molecule has 0 saturated carbocycles. The molecule has 1 nitrogen and oxygen atoms in total. The predicted octanol–water partition coefficient (Wildman–Crippen LogP) is 3.76. The van der Waals surface area contributed by atoms with Gasteiger partial charge in [0.2, 0.25) is 0 Å². The van der Waals surface area contributed by atoms with Gasteiger partial charge in [-0.05, 0) is 29.9 Å². The van der Waals surface area contributed by atoms with Gasteiger partial charge in [0.05, 0.1) is 6.61 Å². The number of hydrogen-bond donors (Lipinski definition) is 0. The Morgan fingerprint density at radius 2 is 1.93 bits per heavy atom. The fraction of sp³-hybridized carbons (Fsp3) is 0.231. The molecule has 2 aromatic rings. The van der Waals surface area contributed by atoms with Crippen LogP contribution in [-0.4, -0.2) is 6.61 Å². The Morgan fingerprint density at radius 3 is 2.67 bits per heavy atom. The zero-order chi connectivity index (χ0) is 10.3. The first-order valence-corrected chi connectivity index (χ1v) is 6.08. The fourth-order valence-electron chi connectivity index (χ4n) is 1.45. The Balaban J connectivity index is 1.68. The highest BCUT2D eigenvalue weighted by Gasteiger charge is 1.94. The smallest absolute Gasteiger partial charge is 0.129 e. The average molecular weight is 218 g/mol. The highest BCUT2D eigenvalue weighted by molar-refractivity contribution is 7.08. The van der Waals surface area contributed by atoms with Crippen LogP contribution in [0.1, 0.15) is 12.0 Å². The fourth-order valence-corrected chi connectivity index (χ4v) is 2.02. The normalized spacial score (nSPS) is 10.1. The van der Waals surface area contributed by atoms with Crippen LogP contribution in [0.15, 0.2) is 47.2 Å². The molecule has 0 unspecified atom stereocenters. The maximum Gasteiger partial charge on any atom is 0.129 e. The Morgan fingerprint density at radius 1 is 1.07 bits per heavy atom. The molecule has 1 aromatic carbocycles. The van der Waals surface area contributed by atoms with Gasteiger partial charge in [0.15, 0.2) is 0 Å². The molecule has 0 bridgehead atoms. The van der Waals surface area contributed by atoms with Crippen LogP contribution in [0.2, 0.25) is 0 Å². The molecule has 0 amide bonds. The number of ether oxygens (including phenoxy) is 1. The molecule has 0 atom stereocenters. The van der Waals surface area contributed by atoms with E-state index >= 15 is 0 Å². The van der Waals surface area contributed by atoms with E-state index < -0.39 is 0 Å². The van der Waals surface area contributed by atoms with Crippen LogP contribution in [-0.2, 0) is 6.42 Å². The lowest BCUT2D eigenvalue weighted by molar-refractivity contribution is 0.312. The maximum atomic E-state index is 5.58. The van der Waals surface area contributed by atoms with Crippen molar-refractivity contribution >= 4 is 11.3 Å². The zero-order valence-electron chi connectivity index (χ0n) is 8.56. The third kappa shape index (κ3) is 3.40. The van der Waals surface area contributed by atoms with E-state index in [0.717, 1.165) is 25.2 Å². The van der Waals surface area contributed by atoms with Crippen molar-refractivity contribution in [1.29, 1.82) is 0 Å². The number of thiophene rings is 1. The van der Waals surface area contributed by atoms with Crippen molar-refractivity contribution in [3.05, 3.63) is 52.7 Å². The highest BCUT2D eigenvalue weighted by Crippen LogP contribution is 2.15. The summed E-state index contributed by atoms with van der Waals surface area (Å²) in [5.74, 6) is 0.994. The molecular weight excluding hydrogens is 204 g/mol. The first-order valence-electron chi connectivity index (χ1n) is 5.14. The number of aryl methyl sites for hydroxylation is 1. The first kappa shape index (κ1) is 10.2. The summed E-state index contributed by atoms with van der Waals surface area (Å²) in [6.45, 7) is 0.797. The largest absolute Gasteiger partial charge is 0.493 e. The SMILES string of the molecule is c1ccc(CCCOc2ccsc2)cc1. The molecule has 0 N–H and O–H groups in total. The summed E-state index contributed by atoms with van der Waals surface area (Å²) in [7, 11) is 0. The minimum Gasteiger partial charge on any atom is -0.493 e. The third-order valence-corrected chi connectivity index (χ3v) is 2.88. The summed E-state index contributed by atoms with van der Waals surface area (Å²) >= 11 is 1.67. The summed E-state index contributed by atoms with van der Waals surface area (Å²) in [6.07, 6.45) is 2.16. The molecule has 0 radical (unpaired) electrons. The standard InChI is InChI=1S/C13H14OS/c1-2-5-12(6-3-1)7-4-9-14-13-8-10-15-11-13/h1-3,5-6,8,10-11H,4,7,9H2. The molecule has 2 rings (SSSR count). The van der Waals surface area contributed by atoms with Crippen LogP contribution in [0.5, 0.6) is 5.75 Å². The lowest BCUT2D eigenvalue weighted by Gasteiger charge is -2.03. The van der Waals surface area contributed by atoms with E-state index in [4.69, 9.17) is 4.74 Å². The molecule has 1 aromatic heterocycles. The molecule has 0 saturated heterocycles. The predicted molar refractivity (Wildman–Crippen MR) is 64.6 cm³/mol. The second kappa shape index (κ2) is 5.56. The second-order valence-electron chi connectivity index (χ2n) is 3.40. The molecule has 0 aliphatic rings. The molecule has 15 heavy (non-hydrogen) atoms. The van der Waals surface area contributed by atoms with Gasteiger partial charge in [-0.2, -0.15) is 0 Å². The van der Waals surface area contributed by atoms with Gasteiger partial charge in [-0.3, -0.25) is 0 Å². The maximum absolute atomic E-state index is 5.58. The van der Waals surface area contributed by atoms with Gasteiger partial charge >= 0.3 is 0 Å². The summed E-state index contributed by atoms with van der Waals surface area (Å²) in [4.78, 5) is 0. The summed E-state index contributed by atoms with van der Waals surface area (Å²) in [5.41, 5.74) is 1.38. The van der Waals surface area contributed by atoms with Crippen LogP contribution in [0, 0.1) is 0 Å². The summed E-state index contributed by atoms with van der Waals surface area (Å²) in [6, 6.07) is 12.5. The minimum absolute atomic E-state index is 0.797. The van der Waals surface area contributed by atoms with Crippen LogP contribution in [0.4, 0.5) is 0 Å². The minimum atomic E-state index is 0.797.